The van der Waals surface area contributed by atoms with Crippen LogP contribution in [0.2, 0.25) is 0 Å². The molecule has 0 radical (unpaired) electrons. The molecule has 2 aromatic carbocycles. The molecular formula is C15H11F3N2. The van der Waals surface area contributed by atoms with Crippen molar-refractivity contribution in [1.29, 1.82) is 5.26 Å². The van der Waals surface area contributed by atoms with E-state index in [0.717, 1.165) is 12.1 Å². The summed E-state index contributed by atoms with van der Waals surface area (Å²) in [5.74, 6) is -1.72. The second-order valence-electron chi connectivity index (χ2n) is 4.21. The SMILES string of the molecule is N#Cc1cc(F)ccc1NCCc1ccc(F)cc1F. The number of benzene rings is 2. The fraction of sp³-hybridized carbons (Fsp3) is 0.133. The van der Waals surface area contributed by atoms with E-state index in [-0.39, 0.29) is 5.56 Å². The summed E-state index contributed by atoms with van der Waals surface area (Å²) in [4.78, 5) is 0. The van der Waals surface area contributed by atoms with E-state index < -0.39 is 17.5 Å². The van der Waals surface area contributed by atoms with Gasteiger partial charge in [-0.3, -0.25) is 0 Å². The minimum atomic E-state index is -0.621. The van der Waals surface area contributed by atoms with Gasteiger partial charge in [0.05, 0.1) is 11.3 Å². The lowest BCUT2D eigenvalue weighted by atomic mass is 10.1. The van der Waals surface area contributed by atoms with E-state index >= 15 is 0 Å². The summed E-state index contributed by atoms with van der Waals surface area (Å²) in [6.45, 7) is 0.350. The van der Waals surface area contributed by atoms with E-state index in [1.807, 2.05) is 6.07 Å². The van der Waals surface area contributed by atoms with E-state index in [1.54, 1.807) is 0 Å². The monoisotopic (exact) mass is 276 g/mol. The van der Waals surface area contributed by atoms with Crippen LogP contribution in [0.4, 0.5) is 18.9 Å². The van der Waals surface area contributed by atoms with Crippen molar-refractivity contribution in [3.63, 3.8) is 0 Å². The summed E-state index contributed by atoms with van der Waals surface area (Å²) >= 11 is 0. The molecule has 0 fully saturated rings. The molecule has 20 heavy (non-hydrogen) atoms. The molecule has 2 aromatic rings. The van der Waals surface area contributed by atoms with Crippen molar-refractivity contribution in [2.45, 2.75) is 6.42 Å². The van der Waals surface area contributed by atoms with Crippen molar-refractivity contribution in [3.8, 4) is 6.07 Å². The Morgan fingerprint density at radius 3 is 2.40 bits per heavy atom. The molecule has 0 spiro atoms. The van der Waals surface area contributed by atoms with Gasteiger partial charge in [0.15, 0.2) is 0 Å². The first-order valence-electron chi connectivity index (χ1n) is 5.97. The lowest BCUT2D eigenvalue weighted by Gasteiger charge is -2.09. The van der Waals surface area contributed by atoms with Crippen molar-refractivity contribution in [2.24, 2.45) is 0 Å². The molecule has 0 atom stereocenters. The summed E-state index contributed by atoms with van der Waals surface area (Å²) in [5.41, 5.74) is 1.04. The second kappa shape index (κ2) is 6.11. The van der Waals surface area contributed by atoms with Crippen LogP contribution in [0, 0.1) is 28.8 Å². The average molecular weight is 276 g/mol. The largest absolute Gasteiger partial charge is 0.384 e. The van der Waals surface area contributed by atoms with Gasteiger partial charge < -0.3 is 5.32 Å². The van der Waals surface area contributed by atoms with Gasteiger partial charge in [-0.1, -0.05) is 6.07 Å². The van der Waals surface area contributed by atoms with Crippen LogP contribution < -0.4 is 5.32 Å². The standard InChI is InChI=1S/C15H11F3N2/c16-12-3-4-15(11(7-12)9-19)20-6-5-10-1-2-13(17)8-14(10)18/h1-4,7-8,20H,5-6H2. The lowest BCUT2D eigenvalue weighted by molar-refractivity contribution is 0.572. The van der Waals surface area contributed by atoms with Crippen molar-refractivity contribution >= 4 is 5.69 Å². The molecule has 5 heteroatoms. The maximum Gasteiger partial charge on any atom is 0.129 e. The molecule has 0 aromatic heterocycles. The van der Waals surface area contributed by atoms with Crippen LogP contribution in [0.15, 0.2) is 36.4 Å². The predicted octanol–water partition coefficient (Wildman–Crippen LogP) is 3.63. The van der Waals surface area contributed by atoms with Crippen molar-refractivity contribution < 1.29 is 13.2 Å². The molecule has 102 valence electrons. The van der Waals surface area contributed by atoms with Gasteiger partial charge in [-0.05, 0) is 36.2 Å². The van der Waals surface area contributed by atoms with E-state index in [1.165, 1.54) is 24.3 Å². The third-order valence-corrected chi connectivity index (χ3v) is 2.83. The third-order valence-electron chi connectivity index (χ3n) is 2.83. The van der Waals surface area contributed by atoms with Crippen molar-refractivity contribution in [1.82, 2.24) is 0 Å². The van der Waals surface area contributed by atoms with Crippen LogP contribution in [0.1, 0.15) is 11.1 Å². The lowest BCUT2D eigenvalue weighted by Crippen LogP contribution is -2.07. The molecule has 0 aliphatic carbocycles. The van der Waals surface area contributed by atoms with E-state index in [9.17, 15) is 13.2 Å². The summed E-state index contributed by atoms with van der Waals surface area (Å²) in [6.07, 6.45) is 0.328. The summed E-state index contributed by atoms with van der Waals surface area (Å²) < 4.78 is 39.1. The fourth-order valence-corrected chi connectivity index (χ4v) is 1.82. The van der Waals surface area contributed by atoms with Gasteiger partial charge in [-0.25, -0.2) is 13.2 Å². The molecule has 0 amide bonds. The number of hydrogen-bond acceptors (Lipinski definition) is 2. The Balaban J connectivity index is 2.01. The molecule has 0 bridgehead atoms. The molecular weight excluding hydrogens is 265 g/mol. The first-order chi connectivity index (χ1) is 9.60. The van der Waals surface area contributed by atoms with Crippen LogP contribution in [-0.4, -0.2) is 6.54 Å². The fourth-order valence-electron chi connectivity index (χ4n) is 1.82. The molecule has 2 rings (SSSR count). The van der Waals surface area contributed by atoms with Gasteiger partial charge in [0, 0.05) is 12.6 Å². The maximum absolute atomic E-state index is 13.4. The number of nitrogens with zero attached hydrogens (tertiary/aromatic N) is 1. The van der Waals surface area contributed by atoms with Crippen LogP contribution in [0.5, 0.6) is 0 Å². The number of anilines is 1. The molecule has 1 N–H and O–H groups in total. The Labute approximate surface area is 114 Å². The zero-order valence-corrected chi connectivity index (χ0v) is 10.5. The molecule has 2 nitrogen and oxygen atoms in total. The Bertz CT molecular complexity index is 663. The van der Waals surface area contributed by atoms with E-state index in [0.29, 0.717) is 24.2 Å². The number of hydrogen-bond donors (Lipinski definition) is 1. The van der Waals surface area contributed by atoms with E-state index in [2.05, 4.69) is 5.32 Å². The van der Waals surface area contributed by atoms with Gasteiger partial charge in [-0.2, -0.15) is 5.26 Å². The van der Waals surface area contributed by atoms with Gasteiger partial charge in [0.2, 0.25) is 0 Å². The zero-order valence-electron chi connectivity index (χ0n) is 10.5. The summed E-state index contributed by atoms with van der Waals surface area (Å²) in [7, 11) is 0. The highest BCUT2D eigenvalue weighted by molar-refractivity contribution is 5.57. The van der Waals surface area contributed by atoms with Crippen LogP contribution in [0.25, 0.3) is 0 Å². The van der Waals surface area contributed by atoms with Crippen LogP contribution in [0.3, 0.4) is 0 Å². The molecule has 0 saturated heterocycles. The Hall–Kier alpha value is -2.48. The minimum Gasteiger partial charge on any atom is -0.384 e. The van der Waals surface area contributed by atoms with Gasteiger partial charge in [0.25, 0.3) is 0 Å². The Morgan fingerprint density at radius 1 is 1.00 bits per heavy atom. The van der Waals surface area contributed by atoms with Gasteiger partial charge >= 0.3 is 0 Å². The summed E-state index contributed by atoms with van der Waals surface area (Å²) in [5, 5.41) is 11.8. The highest BCUT2D eigenvalue weighted by Gasteiger charge is 2.06. The number of rotatable bonds is 4. The zero-order chi connectivity index (χ0) is 14.5. The predicted molar refractivity (Wildman–Crippen MR) is 69.7 cm³/mol. The molecule has 0 aliphatic rings. The number of nitrogens with one attached hydrogen (secondary N) is 1. The molecule has 0 saturated carbocycles. The number of halogens is 3. The normalized spacial score (nSPS) is 10.1. The Kier molecular flexibility index (Phi) is 4.26. The molecule has 0 aliphatic heterocycles. The smallest absolute Gasteiger partial charge is 0.129 e. The molecule has 0 unspecified atom stereocenters. The van der Waals surface area contributed by atoms with Crippen LogP contribution in [-0.2, 0) is 6.42 Å². The van der Waals surface area contributed by atoms with Gasteiger partial charge in [-0.15, -0.1) is 0 Å². The highest BCUT2D eigenvalue weighted by Crippen LogP contribution is 2.16. The van der Waals surface area contributed by atoms with E-state index in [4.69, 9.17) is 5.26 Å². The Morgan fingerprint density at radius 2 is 1.70 bits per heavy atom. The van der Waals surface area contributed by atoms with Crippen molar-refractivity contribution in [3.05, 3.63) is 65.0 Å². The van der Waals surface area contributed by atoms with Gasteiger partial charge in [0.1, 0.15) is 23.5 Å². The van der Waals surface area contributed by atoms with Crippen molar-refractivity contribution in [2.75, 3.05) is 11.9 Å². The first kappa shape index (κ1) is 13.9. The maximum atomic E-state index is 13.4. The number of nitriles is 1. The van der Waals surface area contributed by atoms with Crippen LogP contribution >= 0.6 is 0 Å². The minimum absolute atomic E-state index is 0.185. The summed E-state index contributed by atoms with van der Waals surface area (Å²) in [6, 6.07) is 9.09. The third kappa shape index (κ3) is 3.29. The molecule has 0 heterocycles. The topological polar surface area (TPSA) is 35.8 Å². The second-order valence-corrected chi connectivity index (χ2v) is 4.21. The highest BCUT2D eigenvalue weighted by atomic mass is 19.1. The first-order valence-corrected chi connectivity index (χ1v) is 5.97. The average Bonchev–Trinajstić information content (AvgIpc) is 2.42. The quantitative estimate of drug-likeness (QED) is 0.925.